The Kier molecular flexibility index (Phi) is 4.46. The smallest absolute Gasteiger partial charge is 0.327 e. The number of carbonyl (C=O) groups is 3. The number of nitrogen functional groups attached to an aromatic ring is 1. The highest BCUT2D eigenvalue weighted by atomic mass is 35.5. The molecule has 0 saturated carbocycles. The summed E-state index contributed by atoms with van der Waals surface area (Å²) >= 11 is 8.25. The Morgan fingerprint density at radius 3 is 2.72 bits per heavy atom. The minimum Gasteiger partial charge on any atom is -0.480 e. The Morgan fingerprint density at radius 1 is 1.52 bits per heavy atom. The molecule has 3 rings (SSSR count). The number of nitrogens with two attached hydrogens (primary N) is 1. The molecule has 3 atom stereocenters. The van der Waals surface area contributed by atoms with E-state index in [-0.39, 0.29) is 5.57 Å². The van der Waals surface area contributed by atoms with E-state index in [9.17, 15) is 19.5 Å². The molecule has 25 heavy (non-hydrogen) atoms. The van der Waals surface area contributed by atoms with Crippen LogP contribution in [0.4, 0.5) is 5.13 Å². The number of carboxylic acid groups (broad SMARTS) is 1. The van der Waals surface area contributed by atoms with E-state index < -0.39 is 40.0 Å². The summed E-state index contributed by atoms with van der Waals surface area (Å²) in [6.07, 6.45) is 0. The molecule has 0 bridgehead atoms. The molecule has 2 amide bonds. The van der Waals surface area contributed by atoms with Gasteiger partial charge in [0.1, 0.15) is 17.5 Å². The fraction of sp³-hybridized carbons (Fsp3) is 0.429. The summed E-state index contributed by atoms with van der Waals surface area (Å²) in [5.74, 6) is -2.04. The van der Waals surface area contributed by atoms with Gasteiger partial charge in [0, 0.05) is 15.7 Å². The molecule has 8 nitrogen and oxygen atoms in total. The second kappa shape index (κ2) is 6.19. The number of nitrogens with one attached hydrogen (secondary N) is 1. The van der Waals surface area contributed by atoms with E-state index in [1.807, 2.05) is 0 Å². The number of amides is 2. The van der Waals surface area contributed by atoms with Crippen molar-refractivity contribution in [3.05, 3.63) is 16.6 Å². The van der Waals surface area contributed by atoms with Crippen molar-refractivity contribution in [3.63, 3.8) is 0 Å². The number of carboxylic acids is 1. The van der Waals surface area contributed by atoms with Crippen LogP contribution >= 0.6 is 34.7 Å². The van der Waals surface area contributed by atoms with Crippen LogP contribution in [0.5, 0.6) is 0 Å². The van der Waals surface area contributed by atoms with Gasteiger partial charge in [0.25, 0.3) is 5.91 Å². The van der Waals surface area contributed by atoms with E-state index in [0.29, 0.717) is 10.8 Å². The number of thiazole rings is 1. The molecular weight excluding hydrogens is 388 g/mol. The molecular formula is C14H15ClN4O4S2. The standard InChI is InChI=1S/C14H15ClN4O4S2/c1-14(2)8(12(22)23)19-10(21)7(11(19)25-14)18-9(20)5(3-15)6-4-24-13(16)17-6/h3-4,7-8,11H,1-2H3,(H2,16,17)(H,18,20)(H,22,23)/t7-,8+,11-/m1/s1. The molecule has 0 aromatic carbocycles. The number of hydrogen-bond donors (Lipinski definition) is 3. The van der Waals surface area contributed by atoms with Crippen molar-refractivity contribution in [2.24, 2.45) is 0 Å². The molecule has 3 heterocycles. The molecule has 2 fully saturated rings. The molecule has 0 spiro atoms. The maximum Gasteiger partial charge on any atom is 0.327 e. The van der Waals surface area contributed by atoms with E-state index in [0.717, 1.165) is 5.54 Å². The van der Waals surface area contributed by atoms with Gasteiger partial charge in [-0.3, -0.25) is 9.59 Å². The SMILES string of the molecule is CC1(C)S[C@@H]2[C@H](NC(=O)C(=CCl)c3csc(N)n3)C(=O)N2[C@H]1C(=O)O. The molecule has 2 aliphatic rings. The topological polar surface area (TPSA) is 126 Å². The third-order valence-electron chi connectivity index (χ3n) is 4.11. The lowest BCUT2D eigenvalue weighted by Crippen LogP contribution is -2.70. The van der Waals surface area contributed by atoms with E-state index in [2.05, 4.69) is 10.3 Å². The molecule has 134 valence electrons. The highest BCUT2D eigenvalue weighted by Crippen LogP contribution is 2.50. The van der Waals surface area contributed by atoms with E-state index in [1.54, 1.807) is 19.2 Å². The van der Waals surface area contributed by atoms with Crippen LogP contribution in [-0.4, -0.2) is 55.0 Å². The van der Waals surface area contributed by atoms with Crippen LogP contribution in [0.2, 0.25) is 0 Å². The summed E-state index contributed by atoms with van der Waals surface area (Å²) in [6.45, 7) is 3.53. The Morgan fingerprint density at radius 2 is 2.20 bits per heavy atom. The summed E-state index contributed by atoms with van der Waals surface area (Å²) in [5.41, 5.74) is 7.06. The van der Waals surface area contributed by atoms with Gasteiger partial charge in [-0.2, -0.15) is 0 Å². The van der Waals surface area contributed by atoms with E-state index >= 15 is 0 Å². The van der Waals surface area contributed by atoms with Crippen LogP contribution in [0, 0.1) is 0 Å². The fourth-order valence-electron chi connectivity index (χ4n) is 3.00. The minimum atomic E-state index is -1.06. The van der Waals surface area contributed by atoms with Gasteiger partial charge in [-0.25, -0.2) is 9.78 Å². The average Bonchev–Trinajstić information content (AvgIpc) is 3.05. The van der Waals surface area contributed by atoms with Gasteiger partial charge in [0.05, 0.1) is 11.3 Å². The Hall–Kier alpha value is -1.78. The third-order valence-corrected chi connectivity index (χ3v) is 6.58. The van der Waals surface area contributed by atoms with Crippen molar-refractivity contribution < 1.29 is 19.5 Å². The maximum atomic E-state index is 12.5. The zero-order valence-corrected chi connectivity index (χ0v) is 15.6. The lowest BCUT2D eigenvalue weighted by Gasteiger charge is -2.43. The first-order chi connectivity index (χ1) is 11.7. The number of hydrogen-bond acceptors (Lipinski definition) is 7. The van der Waals surface area contributed by atoms with Crippen LogP contribution in [0.15, 0.2) is 10.9 Å². The highest BCUT2D eigenvalue weighted by molar-refractivity contribution is 8.01. The normalized spacial score (nSPS) is 27.6. The Balaban J connectivity index is 1.76. The van der Waals surface area contributed by atoms with Crippen LogP contribution in [0.1, 0.15) is 19.5 Å². The molecule has 1 aromatic rings. The number of aromatic nitrogens is 1. The number of nitrogens with zero attached hydrogens (tertiary/aromatic N) is 2. The number of β-lactam (4-membered cyclic amide) rings is 1. The van der Waals surface area contributed by atoms with Gasteiger partial charge in [-0.15, -0.1) is 23.1 Å². The summed E-state index contributed by atoms with van der Waals surface area (Å²) in [6, 6.07) is -1.73. The molecule has 0 unspecified atom stereocenters. The highest BCUT2D eigenvalue weighted by Gasteiger charge is 2.64. The van der Waals surface area contributed by atoms with Gasteiger partial charge in [-0.1, -0.05) is 11.6 Å². The zero-order valence-electron chi connectivity index (χ0n) is 13.2. The first-order valence-electron chi connectivity index (χ1n) is 7.23. The fourth-order valence-corrected chi connectivity index (χ4v) is 5.40. The van der Waals surface area contributed by atoms with Crippen LogP contribution < -0.4 is 11.1 Å². The summed E-state index contributed by atoms with van der Waals surface area (Å²) < 4.78 is -0.653. The number of aliphatic carboxylic acids is 1. The minimum absolute atomic E-state index is 0.0953. The maximum absolute atomic E-state index is 12.5. The van der Waals surface area contributed by atoms with Gasteiger partial charge < -0.3 is 21.1 Å². The molecule has 4 N–H and O–H groups in total. The van der Waals surface area contributed by atoms with Crippen molar-refractivity contribution in [1.29, 1.82) is 0 Å². The number of halogens is 1. The predicted octanol–water partition coefficient (Wildman–Crippen LogP) is 0.937. The molecule has 0 radical (unpaired) electrons. The first-order valence-corrected chi connectivity index (χ1v) is 9.42. The summed E-state index contributed by atoms with van der Waals surface area (Å²) in [4.78, 5) is 41.6. The number of thioether (sulfide) groups is 1. The average molecular weight is 403 g/mol. The van der Waals surface area contributed by atoms with E-state index in [1.165, 1.54) is 28.0 Å². The van der Waals surface area contributed by atoms with Gasteiger partial charge in [0.2, 0.25) is 5.91 Å². The second-order valence-electron chi connectivity index (χ2n) is 6.14. The van der Waals surface area contributed by atoms with Crippen LogP contribution in [-0.2, 0) is 14.4 Å². The zero-order chi connectivity index (χ0) is 18.5. The summed E-state index contributed by atoms with van der Waals surface area (Å²) in [7, 11) is 0. The predicted molar refractivity (Wildman–Crippen MR) is 96.0 cm³/mol. The quantitative estimate of drug-likeness (QED) is 0.505. The second-order valence-corrected chi connectivity index (χ2v) is 9.02. The van der Waals surface area contributed by atoms with Crippen molar-refractivity contribution in [2.45, 2.75) is 36.1 Å². The molecule has 0 aliphatic carbocycles. The largest absolute Gasteiger partial charge is 0.480 e. The van der Waals surface area contributed by atoms with Gasteiger partial charge >= 0.3 is 5.97 Å². The first kappa shape index (κ1) is 18.0. The molecule has 1 aromatic heterocycles. The lowest BCUT2D eigenvalue weighted by atomic mass is 9.96. The van der Waals surface area contributed by atoms with Crippen molar-refractivity contribution >= 4 is 63.2 Å². The van der Waals surface area contributed by atoms with Gasteiger partial charge in [0.15, 0.2) is 5.13 Å². The molecule has 2 saturated heterocycles. The van der Waals surface area contributed by atoms with Crippen LogP contribution in [0.3, 0.4) is 0 Å². The number of anilines is 1. The van der Waals surface area contributed by atoms with Crippen molar-refractivity contribution in [1.82, 2.24) is 15.2 Å². The molecule has 11 heteroatoms. The van der Waals surface area contributed by atoms with Crippen molar-refractivity contribution in [2.75, 3.05) is 5.73 Å². The Labute approximate surface area is 156 Å². The van der Waals surface area contributed by atoms with Crippen LogP contribution in [0.25, 0.3) is 5.57 Å². The Bertz CT molecular complexity index is 794. The van der Waals surface area contributed by atoms with Gasteiger partial charge in [-0.05, 0) is 13.8 Å². The lowest BCUT2D eigenvalue weighted by molar-refractivity contribution is -0.160. The monoisotopic (exact) mass is 402 g/mol. The number of carbonyl (C=O) groups excluding carboxylic acids is 2. The third kappa shape index (κ3) is 2.87. The molecule has 2 aliphatic heterocycles. The number of fused-ring (bicyclic) bond motifs is 1. The van der Waals surface area contributed by atoms with Crippen molar-refractivity contribution in [3.8, 4) is 0 Å². The van der Waals surface area contributed by atoms with E-state index in [4.69, 9.17) is 17.3 Å². The number of rotatable bonds is 4. The summed E-state index contributed by atoms with van der Waals surface area (Å²) in [5, 5.41) is 13.5.